The molecule has 17 heavy (non-hydrogen) atoms. The number of benzene rings is 1. The van der Waals surface area contributed by atoms with E-state index in [0.717, 1.165) is 0 Å². The van der Waals surface area contributed by atoms with Crippen molar-refractivity contribution >= 4 is 17.6 Å². The molecular formula is C11H13NO5. The second-order valence-electron chi connectivity index (χ2n) is 3.36. The molecule has 1 atom stereocenters. The Labute approximate surface area is 97.8 Å². The molecule has 0 radical (unpaired) electrons. The Bertz CT molecular complexity index is 401. The van der Waals surface area contributed by atoms with Gasteiger partial charge in [0.1, 0.15) is 11.8 Å². The van der Waals surface area contributed by atoms with E-state index in [-0.39, 0.29) is 0 Å². The number of carbonyl (C=O) groups is 2. The number of carboxylic acid groups (broad SMARTS) is 2. The van der Waals surface area contributed by atoms with E-state index in [2.05, 4.69) is 5.32 Å². The molecule has 0 bridgehead atoms. The van der Waals surface area contributed by atoms with Crippen molar-refractivity contribution in [2.45, 2.75) is 12.5 Å². The highest BCUT2D eigenvalue weighted by Crippen LogP contribution is 2.16. The van der Waals surface area contributed by atoms with Gasteiger partial charge in [-0.05, 0) is 24.3 Å². The molecule has 6 nitrogen and oxygen atoms in total. The van der Waals surface area contributed by atoms with Gasteiger partial charge in [0.15, 0.2) is 0 Å². The maximum atomic E-state index is 10.8. The fourth-order valence-corrected chi connectivity index (χ4v) is 1.26. The van der Waals surface area contributed by atoms with Crippen molar-refractivity contribution < 1.29 is 24.5 Å². The Hall–Kier alpha value is -2.24. The van der Waals surface area contributed by atoms with E-state index >= 15 is 0 Å². The summed E-state index contributed by atoms with van der Waals surface area (Å²) >= 11 is 0. The van der Waals surface area contributed by atoms with Crippen LogP contribution in [0, 0.1) is 0 Å². The minimum atomic E-state index is -1.21. The fourth-order valence-electron chi connectivity index (χ4n) is 1.26. The average molecular weight is 239 g/mol. The number of nitrogens with one attached hydrogen (secondary N) is 1. The smallest absolute Gasteiger partial charge is 0.326 e. The van der Waals surface area contributed by atoms with Gasteiger partial charge in [0.25, 0.3) is 0 Å². The second-order valence-corrected chi connectivity index (χ2v) is 3.36. The molecule has 3 N–H and O–H groups in total. The Balaban J connectivity index is 2.71. The molecule has 0 saturated heterocycles. The van der Waals surface area contributed by atoms with Gasteiger partial charge in [-0.3, -0.25) is 4.79 Å². The van der Waals surface area contributed by atoms with Crippen LogP contribution >= 0.6 is 0 Å². The highest BCUT2D eigenvalue weighted by atomic mass is 16.5. The Morgan fingerprint density at radius 3 is 2.29 bits per heavy atom. The van der Waals surface area contributed by atoms with Gasteiger partial charge in [-0.25, -0.2) is 4.79 Å². The van der Waals surface area contributed by atoms with Crippen molar-refractivity contribution in [2.75, 3.05) is 12.4 Å². The number of hydrogen-bond donors (Lipinski definition) is 3. The Morgan fingerprint density at radius 1 is 1.29 bits per heavy atom. The standard InChI is InChI=1S/C11H13NO5/c1-17-8-4-2-7(3-5-8)12-9(11(15)16)6-10(13)14/h2-5,9,12H,6H2,1H3,(H,13,14)(H,15,16). The van der Waals surface area contributed by atoms with Crippen molar-refractivity contribution in [3.63, 3.8) is 0 Å². The van der Waals surface area contributed by atoms with E-state index in [1.54, 1.807) is 24.3 Å². The van der Waals surface area contributed by atoms with Crippen LogP contribution in [0.25, 0.3) is 0 Å². The summed E-state index contributed by atoms with van der Waals surface area (Å²) in [5, 5.41) is 20.0. The maximum Gasteiger partial charge on any atom is 0.326 e. The van der Waals surface area contributed by atoms with E-state index in [9.17, 15) is 9.59 Å². The van der Waals surface area contributed by atoms with Gasteiger partial charge in [-0.15, -0.1) is 0 Å². The van der Waals surface area contributed by atoms with Crippen LogP contribution in [0.4, 0.5) is 5.69 Å². The normalized spacial score (nSPS) is 11.6. The first kappa shape index (κ1) is 12.8. The summed E-state index contributed by atoms with van der Waals surface area (Å²) in [7, 11) is 1.52. The van der Waals surface area contributed by atoms with Crippen LogP contribution < -0.4 is 10.1 Å². The van der Waals surface area contributed by atoms with E-state index in [0.29, 0.717) is 11.4 Å². The molecular weight excluding hydrogens is 226 g/mol. The predicted octanol–water partition coefficient (Wildman–Crippen LogP) is 1.03. The molecule has 92 valence electrons. The third-order valence-electron chi connectivity index (χ3n) is 2.11. The molecule has 0 aliphatic heterocycles. The van der Waals surface area contributed by atoms with Crippen molar-refractivity contribution in [1.29, 1.82) is 0 Å². The first-order valence-electron chi connectivity index (χ1n) is 4.88. The van der Waals surface area contributed by atoms with Gasteiger partial charge in [0.05, 0.1) is 13.5 Å². The zero-order valence-corrected chi connectivity index (χ0v) is 9.21. The average Bonchev–Trinajstić information content (AvgIpc) is 2.28. The summed E-state index contributed by atoms with van der Waals surface area (Å²) in [5.41, 5.74) is 0.527. The van der Waals surface area contributed by atoms with Crippen LogP contribution in [-0.4, -0.2) is 35.3 Å². The van der Waals surface area contributed by atoms with Crippen molar-refractivity contribution in [3.05, 3.63) is 24.3 Å². The van der Waals surface area contributed by atoms with Crippen LogP contribution in [0.1, 0.15) is 6.42 Å². The quantitative estimate of drug-likeness (QED) is 0.686. The zero-order chi connectivity index (χ0) is 12.8. The lowest BCUT2D eigenvalue weighted by Gasteiger charge is -2.13. The number of anilines is 1. The van der Waals surface area contributed by atoms with E-state index < -0.39 is 24.4 Å². The largest absolute Gasteiger partial charge is 0.497 e. The van der Waals surface area contributed by atoms with Crippen molar-refractivity contribution in [2.24, 2.45) is 0 Å². The molecule has 0 aliphatic rings. The molecule has 0 aromatic heterocycles. The Morgan fingerprint density at radius 2 is 1.88 bits per heavy atom. The summed E-state index contributed by atoms with van der Waals surface area (Å²) in [5.74, 6) is -1.73. The molecule has 0 saturated carbocycles. The van der Waals surface area contributed by atoms with Crippen molar-refractivity contribution in [1.82, 2.24) is 0 Å². The number of aliphatic carboxylic acids is 2. The van der Waals surface area contributed by atoms with Gasteiger partial charge < -0.3 is 20.3 Å². The van der Waals surface area contributed by atoms with Gasteiger partial charge in [0.2, 0.25) is 0 Å². The van der Waals surface area contributed by atoms with Gasteiger partial charge in [0, 0.05) is 5.69 Å². The number of hydrogen-bond acceptors (Lipinski definition) is 4. The highest BCUT2D eigenvalue weighted by Gasteiger charge is 2.20. The number of methoxy groups -OCH3 is 1. The molecule has 0 amide bonds. The third-order valence-corrected chi connectivity index (χ3v) is 2.11. The summed E-state index contributed by atoms with van der Waals surface area (Å²) in [6.07, 6.45) is -0.485. The summed E-state index contributed by atoms with van der Waals surface area (Å²) in [6, 6.07) is 5.40. The molecule has 1 aromatic rings. The second kappa shape index (κ2) is 5.74. The predicted molar refractivity (Wildman–Crippen MR) is 60.3 cm³/mol. The summed E-state index contributed by atoms with van der Waals surface area (Å²) in [6.45, 7) is 0. The van der Waals surface area contributed by atoms with Crippen LogP contribution in [0.3, 0.4) is 0 Å². The minimum absolute atomic E-state index is 0.485. The first-order chi connectivity index (χ1) is 8.02. The van der Waals surface area contributed by atoms with Crippen LogP contribution in [-0.2, 0) is 9.59 Å². The molecule has 1 unspecified atom stereocenters. The lowest BCUT2D eigenvalue weighted by atomic mass is 10.2. The van der Waals surface area contributed by atoms with Crippen molar-refractivity contribution in [3.8, 4) is 5.75 Å². The molecule has 1 aromatic carbocycles. The van der Waals surface area contributed by atoms with Crippen LogP contribution in [0.5, 0.6) is 5.75 Å². The van der Waals surface area contributed by atoms with Gasteiger partial charge >= 0.3 is 11.9 Å². The fraction of sp³-hybridized carbons (Fsp3) is 0.273. The molecule has 6 heteroatoms. The number of rotatable bonds is 6. The monoisotopic (exact) mass is 239 g/mol. The lowest BCUT2D eigenvalue weighted by Crippen LogP contribution is -2.31. The van der Waals surface area contributed by atoms with Gasteiger partial charge in [-0.2, -0.15) is 0 Å². The first-order valence-corrected chi connectivity index (χ1v) is 4.88. The zero-order valence-electron chi connectivity index (χ0n) is 9.21. The molecule has 0 fully saturated rings. The number of ether oxygens (including phenoxy) is 1. The molecule has 0 spiro atoms. The minimum Gasteiger partial charge on any atom is -0.497 e. The van der Waals surface area contributed by atoms with E-state index in [4.69, 9.17) is 14.9 Å². The highest BCUT2D eigenvalue weighted by molar-refractivity contribution is 5.83. The van der Waals surface area contributed by atoms with Crippen LogP contribution in [0.15, 0.2) is 24.3 Å². The molecule has 0 aliphatic carbocycles. The maximum absolute atomic E-state index is 10.8. The lowest BCUT2D eigenvalue weighted by molar-refractivity contribution is -0.144. The van der Waals surface area contributed by atoms with Crippen LogP contribution in [0.2, 0.25) is 0 Å². The van der Waals surface area contributed by atoms with E-state index in [1.165, 1.54) is 7.11 Å². The summed E-state index contributed by atoms with van der Waals surface area (Å²) in [4.78, 5) is 21.3. The van der Waals surface area contributed by atoms with Gasteiger partial charge in [-0.1, -0.05) is 0 Å². The third kappa shape index (κ3) is 4.02. The SMILES string of the molecule is COc1ccc(NC(CC(=O)O)C(=O)O)cc1. The molecule has 1 rings (SSSR count). The van der Waals surface area contributed by atoms with E-state index in [1.807, 2.05) is 0 Å². The Kier molecular flexibility index (Phi) is 4.33. The topological polar surface area (TPSA) is 95.9 Å². The number of carboxylic acids is 2. The molecule has 0 heterocycles. The summed E-state index contributed by atoms with van der Waals surface area (Å²) < 4.78 is 4.95.